The van der Waals surface area contributed by atoms with Crippen LogP contribution in [-0.2, 0) is 0 Å². The summed E-state index contributed by atoms with van der Waals surface area (Å²) in [6.45, 7) is 2.93. The summed E-state index contributed by atoms with van der Waals surface area (Å²) in [5.74, 6) is 0.636. The van der Waals surface area contributed by atoms with Crippen molar-refractivity contribution in [3.05, 3.63) is 29.6 Å². The highest BCUT2D eigenvalue weighted by Gasteiger charge is 2.34. The number of benzene rings is 1. The molecule has 0 amide bonds. The number of hydrogen-bond acceptors (Lipinski definition) is 2. The maximum absolute atomic E-state index is 14.2. The topological polar surface area (TPSA) is 29.3 Å². The molecule has 1 aliphatic heterocycles. The van der Waals surface area contributed by atoms with Gasteiger partial charge in [0.25, 0.3) is 0 Å². The molecule has 1 aromatic rings. The minimum atomic E-state index is -0.254. The largest absolute Gasteiger partial charge is 0.368 e. The van der Waals surface area contributed by atoms with Gasteiger partial charge in [-0.05, 0) is 50.7 Å². The van der Waals surface area contributed by atoms with E-state index < -0.39 is 0 Å². The summed E-state index contributed by atoms with van der Waals surface area (Å²) in [4.78, 5) is 2.45. The van der Waals surface area contributed by atoms with Crippen LogP contribution in [0, 0.1) is 11.7 Å². The minimum absolute atomic E-state index is 0.157. The normalized spacial score (nSPS) is 28.1. The maximum atomic E-state index is 14.2. The number of rotatable bonds is 2. The average Bonchev–Trinajstić information content (AvgIpc) is 2.46. The fourth-order valence-corrected chi connectivity index (χ4v) is 4.15. The van der Waals surface area contributed by atoms with Crippen molar-refractivity contribution < 1.29 is 4.39 Å². The first-order valence-electron chi connectivity index (χ1n) is 7.99. The fraction of sp³-hybridized carbons (Fsp3) is 0.647. The van der Waals surface area contributed by atoms with Crippen LogP contribution in [0.25, 0.3) is 0 Å². The predicted molar refractivity (Wildman–Crippen MR) is 81.3 cm³/mol. The second-order valence-corrected chi connectivity index (χ2v) is 6.41. The van der Waals surface area contributed by atoms with Gasteiger partial charge in [0, 0.05) is 29.9 Å². The summed E-state index contributed by atoms with van der Waals surface area (Å²) in [6.07, 6.45) is 7.81. The molecular formula is C17H25FN2. The molecule has 1 saturated carbocycles. The van der Waals surface area contributed by atoms with Crippen molar-refractivity contribution >= 4 is 5.69 Å². The van der Waals surface area contributed by atoms with Crippen LogP contribution < -0.4 is 10.6 Å². The van der Waals surface area contributed by atoms with Gasteiger partial charge in [0.2, 0.25) is 0 Å². The molecule has 1 unspecified atom stereocenters. The highest BCUT2D eigenvalue weighted by Crippen LogP contribution is 2.40. The van der Waals surface area contributed by atoms with Crippen LogP contribution >= 0.6 is 0 Å². The highest BCUT2D eigenvalue weighted by molar-refractivity contribution is 5.56. The van der Waals surface area contributed by atoms with E-state index in [1.807, 2.05) is 13.0 Å². The molecule has 2 nitrogen and oxygen atoms in total. The lowest BCUT2D eigenvalue weighted by Crippen LogP contribution is -2.47. The van der Waals surface area contributed by atoms with Crippen LogP contribution in [0.3, 0.4) is 0 Å². The SMILES string of the molecule is CC(N)c1c(F)cccc1N1CCC[C@H]2CCCC[C@H]21. The van der Waals surface area contributed by atoms with Gasteiger partial charge < -0.3 is 10.6 Å². The Morgan fingerprint density at radius 2 is 1.95 bits per heavy atom. The van der Waals surface area contributed by atoms with Gasteiger partial charge in [0.15, 0.2) is 0 Å². The maximum Gasteiger partial charge on any atom is 0.130 e. The number of nitrogens with zero attached hydrogens (tertiary/aromatic N) is 1. The van der Waals surface area contributed by atoms with E-state index in [-0.39, 0.29) is 11.9 Å². The molecule has 0 spiro atoms. The average molecular weight is 276 g/mol. The van der Waals surface area contributed by atoms with Crippen LogP contribution in [0.15, 0.2) is 18.2 Å². The molecule has 0 aromatic heterocycles. The first-order chi connectivity index (χ1) is 9.68. The van der Waals surface area contributed by atoms with Gasteiger partial charge in [0.1, 0.15) is 5.82 Å². The van der Waals surface area contributed by atoms with Gasteiger partial charge in [-0.1, -0.05) is 18.9 Å². The summed E-state index contributed by atoms with van der Waals surface area (Å²) >= 11 is 0. The predicted octanol–water partition coefficient (Wildman–Crippen LogP) is 4.00. The Bertz CT molecular complexity index is 470. The van der Waals surface area contributed by atoms with Gasteiger partial charge in [-0.2, -0.15) is 0 Å². The van der Waals surface area contributed by atoms with Gasteiger partial charge >= 0.3 is 0 Å². The molecule has 20 heavy (non-hydrogen) atoms. The molecular weight excluding hydrogens is 251 g/mol. The Morgan fingerprint density at radius 1 is 1.20 bits per heavy atom. The lowest BCUT2D eigenvalue weighted by molar-refractivity contribution is 0.243. The molecule has 3 heteroatoms. The molecule has 2 N–H and O–H groups in total. The number of piperidine rings is 1. The zero-order valence-electron chi connectivity index (χ0n) is 12.3. The number of hydrogen-bond donors (Lipinski definition) is 1. The van der Waals surface area contributed by atoms with E-state index in [0.29, 0.717) is 11.6 Å². The number of fused-ring (bicyclic) bond motifs is 1. The Hall–Kier alpha value is -1.09. The molecule has 2 fully saturated rings. The molecule has 0 bridgehead atoms. The van der Waals surface area contributed by atoms with E-state index >= 15 is 0 Å². The van der Waals surface area contributed by atoms with E-state index in [0.717, 1.165) is 18.2 Å². The molecule has 1 heterocycles. The van der Waals surface area contributed by atoms with Gasteiger partial charge in [-0.25, -0.2) is 4.39 Å². The Balaban J connectivity index is 1.97. The first kappa shape index (κ1) is 13.9. The van der Waals surface area contributed by atoms with Crippen LogP contribution in [0.1, 0.15) is 57.1 Å². The molecule has 1 aliphatic carbocycles. The molecule has 1 saturated heterocycles. The van der Waals surface area contributed by atoms with E-state index in [2.05, 4.69) is 11.0 Å². The van der Waals surface area contributed by atoms with Gasteiger partial charge in [-0.15, -0.1) is 0 Å². The smallest absolute Gasteiger partial charge is 0.130 e. The lowest BCUT2D eigenvalue weighted by atomic mass is 9.78. The monoisotopic (exact) mass is 276 g/mol. The highest BCUT2D eigenvalue weighted by atomic mass is 19.1. The van der Waals surface area contributed by atoms with Crippen molar-refractivity contribution in [1.29, 1.82) is 0 Å². The zero-order valence-corrected chi connectivity index (χ0v) is 12.3. The standard InChI is InChI=1S/C17H25FN2/c1-12(19)17-14(18)8-4-10-16(17)20-11-5-7-13-6-2-3-9-15(13)20/h4,8,10,12-13,15H,2-3,5-7,9,11,19H2,1H3/t12?,13-,15-/m1/s1. The molecule has 0 radical (unpaired) electrons. The molecule has 110 valence electrons. The van der Waals surface area contributed by atoms with Crippen LogP contribution in [-0.4, -0.2) is 12.6 Å². The number of nitrogens with two attached hydrogens (primary N) is 1. The third kappa shape index (κ3) is 2.44. The second-order valence-electron chi connectivity index (χ2n) is 6.41. The van der Waals surface area contributed by atoms with Crippen molar-refractivity contribution in [3.63, 3.8) is 0 Å². The Kier molecular flexibility index (Phi) is 3.97. The van der Waals surface area contributed by atoms with Crippen molar-refractivity contribution in [2.75, 3.05) is 11.4 Å². The van der Waals surface area contributed by atoms with Crippen molar-refractivity contribution in [3.8, 4) is 0 Å². The summed E-state index contributed by atoms with van der Waals surface area (Å²) < 4.78 is 14.2. The van der Waals surface area contributed by atoms with E-state index in [1.165, 1.54) is 44.6 Å². The summed E-state index contributed by atoms with van der Waals surface area (Å²) in [7, 11) is 0. The summed E-state index contributed by atoms with van der Waals surface area (Å²) in [6, 6.07) is 5.75. The van der Waals surface area contributed by atoms with Gasteiger partial charge in [-0.3, -0.25) is 0 Å². The first-order valence-corrected chi connectivity index (χ1v) is 7.99. The third-order valence-electron chi connectivity index (χ3n) is 5.04. The van der Waals surface area contributed by atoms with Crippen LogP contribution in [0.5, 0.6) is 0 Å². The van der Waals surface area contributed by atoms with Crippen LogP contribution in [0.2, 0.25) is 0 Å². The molecule has 3 atom stereocenters. The third-order valence-corrected chi connectivity index (χ3v) is 5.04. The van der Waals surface area contributed by atoms with Crippen LogP contribution in [0.4, 0.5) is 10.1 Å². The molecule has 3 rings (SSSR count). The lowest BCUT2D eigenvalue weighted by Gasteiger charge is -2.46. The molecule has 1 aromatic carbocycles. The quantitative estimate of drug-likeness (QED) is 0.884. The summed E-state index contributed by atoms with van der Waals surface area (Å²) in [5.41, 5.74) is 7.76. The number of halogens is 1. The Morgan fingerprint density at radius 3 is 2.75 bits per heavy atom. The summed E-state index contributed by atoms with van der Waals surface area (Å²) in [5, 5.41) is 0. The van der Waals surface area contributed by atoms with E-state index in [9.17, 15) is 4.39 Å². The van der Waals surface area contributed by atoms with Crippen molar-refractivity contribution in [2.45, 2.75) is 57.5 Å². The minimum Gasteiger partial charge on any atom is -0.368 e. The van der Waals surface area contributed by atoms with Gasteiger partial charge in [0.05, 0.1) is 0 Å². The Labute approximate surface area is 121 Å². The zero-order chi connectivity index (χ0) is 14.1. The fourth-order valence-electron chi connectivity index (χ4n) is 4.15. The van der Waals surface area contributed by atoms with Crippen molar-refractivity contribution in [1.82, 2.24) is 0 Å². The number of anilines is 1. The second kappa shape index (κ2) is 5.72. The van der Waals surface area contributed by atoms with Crippen molar-refractivity contribution in [2.24, 2.45) is 11.7 Å². The van der Waals surface area contributed by atoms with E-state index in [4.69, 9.17) is 5.73 Å². The van der Waals surface area contributed by atoms with E-state index in [1.54, 1.807) is 0 Å². The molecule has 2 aliphatic rings.